The second-order valence-corrected chi connectivity index (χ2v) is 6.45. The molecule has 0 aliphatic carbocycles. The van der Waals surface area contributed by atoms with Gasteiger partial charge in [-0.2, -0.15) is 0 Å². The Balaban J connectivity index is 1.57. The number of carbonyl (C=O) groups excluding carboxylic acids is 2. The van der Waals surface area contributed by atoms with E-state index in [0.717, 1.165) is 5.56 Å². The Morgan fingerprint density at radius 2 is 1.54 bits per heavy atom. The van der Waals surface area contributed by atoms with Crippen LogP contribution in [0.15, 0.2) is 42.5 Å². The van der Waals surface area contributed by atoms with Gasteiger partial charge in [0, 0.05) is 31.7 Å². The zero-order valence-corrected chi connectivity index (χ0v) is 14.5. The minimum Gasteiger partial charge on any atom is -0.339 e. The molecule has 26 heavy (non-hydrogen) atoms. The molecule has 0 radical (unpaired) electrons. The van der Waals surface area contributed by atoms with Crippen LogP contribution >= 0.6 is 0 Å². The van der Waals surface area contributed by atoms with Crippen LogP contribution < -0.4 is 0 Å². The summed E-state index contributed by atoms with van der Waals surface area (Å²) in [6.07, 6.45) is 0.0133. The first kappa shape index (κ1) is 18.0. The highest BCUT2D eigenvalue weighted by molar-refractivity contribution is 5.94. The fourth-order valence-electron chi connectivity index (χ4n) is 3.05. The zero-order chi connectivity index (χ0) is 18.7. The van der Waals surface area contributed by atoms with Gasteiger partial charge in [0.25, 0.3) is 5.91 Å². The van der Waals surface area contributed by atoms with E-state index in [-0.39, 0.29) is 29.9 Å². The van der Waals surface area contributed by atoms with Crippen molar-refractivity contribution in [1.29, 1.82) is 0 Å². The lowest BCUT2D eigenvalue weighted by atomic mass is 10.1. The maximum Gasteiger partial charge on any atom is 0.253 e. The molecular weight excluding hydrogens is 338 g/mol. The Morgan fingerprint density at radius 3 is 2.19 bits per heavy atom. The molecule has 0 atom stereocenters. The molecule has 1 saturated heterocycles. The van der Waals surface area contributed by atoms with Crippen LogP contribution in [0.1, 0.15) is 21.5 Å². The Morgan fingerprint density at radius 1 is 0.923 bits per heavy atom. The van der Waals surface area contributed by atoms with Crippen LogP contribution in [0.5, 0.6) is 0 Å². The van der Waals surface area contributed by atoms with Crippen molar-refractivity contribution < 1.29 is 18.4 Å². The molecule has 0 saturated carbocycles. The van der Waals surface area contributed by atoms with E-state index < -0.39 is 0 Å². The fraction of sp³-hybridized carbons (Fsp3) is 0.300. The molecule has 1 aliphatic heterocycles. The van der Waals surface area contributed by atoms with Crippen molar-refractivity contribution in [3.05, 3.63) is 70.8 Å². The van der Waals surface area contributed by atoms with Crippen molar-refractivity contribution in [1.82, 2.24) is 9.80 Å². The van der Waals surface area contributed by atoms with Gasteiger partial charge in [0.1, 0.15) is 11.6 Å². The monoisotopic (exact) mass is 358 g/mol. The number of rotatable bonds is 3. The van der Waals surface area contributed by atoms with Crippen LogP contribution in [0.3, 0.4) is 0 Å². The summed E-state index contributed by atoms with van der Waals surface area (Å²) in [5, 5.41) is 0. The molecule has 3 rings (SSSR count). The van der Waals surface area contributed by atoms with E-state index in [9.17, 15) is 18.4 Å². The summed E-state index contributed by atoms with van der Waals surface area (Å²) >= 11 is 0. The first-order valence-electron chi connectivity index (χ1n) is 8.51. The van der Waals surface area contributed by atoms with Gasteiger partial charge in [-0.1, -0.05) is 17.7 Å². The van der Waals surface area contributed by atoms with Gasteiger partial charge in [-0.3, -0.25) is 9.59 Å². The molecule has 1 heterocycles. The second-order valence-electron chi connectivity index (χ2n) is 6.45. The number of piperazine rings is 1. The second kappa shape index (κ2) is 7.64. The number of aryl methyl sites for hydroxylation is 1. The number of amides is 2. The Kier molecular flexibility index (Phi) is 5.30. The van der Waals surface area contributed by atoms with Crippen molar-refractivity contribution in [3.63, 3.8) is 0 Å². The summed E-state index contributed by atoms with van der Waals surface area (Å²) in [6, 6.07) is 10.1. The standard InChI is InChI=1S/C20H20F2N2O2/c1-14-2-7-18(22)16(12-14)13-19(25)23-8-10-24(11-9-23)20(26)15-3-5-17(21)6-4-15/h2-7,12H,8-11,13H2,1H3. The van der Waals surface area contributed by atoms with Crippen molar-refractivity contribution in [2.24, 2.45) is 0 Å². The number of benzene rings is 2. The molecule has 0 spiro atoms. The first-order valence-corrected chi connectivity index (χ1v) is 8.51. The van der Waals surface area contributed by atoms with Gasteiger partial charge in [0.2, 0.25) is 5.91 Å². The van der Waals surface area contributed by atoms with E-state index in [1.54, 1.807) is 21.9 Å². The third-order valence-electron chi connectivity index (χ3n) is 4.55. The van der Waals surface area contributed by atoms with Crippen molar-refractivity contribution in [2.75, 3.05) is 26.2 Å². The van der Waals surface area contributed by atoms with Gasteiger partial charge in [0.15, 0.2) is 0 Å². The van der Waals surface area contributed by atoms with Crippen molar-refractivity contribution in [3.8, 4) is 0 Å². The lowest BCUT2D eigenvalue weighted by Gasteiger charge is -2.35. The molecule has 2 amide bonds. The van der Waals surface area contributed by atoms with Gasteiger partial charge in [-0.25, -0.2) is 8.78 Å². The van der Waals surface area contributed by atoms with Crippen LogP contribution in [-0.4, -0.2) is 47.8 Å². The van der Waals surface area contributed by atoms with Crippen LogP contribution in [0.2, 0.25) is 0 Å². The Hall–Kier alpha value is -2.76. The van der Waals surface area contributed by atoms with Crippen molar-refractivity contribution >= 4 is 11.8 Å². The molecule has 1 fully saturated rings. The Bertz CT molecular complexity index is 813. The van der Waals surface area contributed by atoms with E-state index in [1.165, 1.54) is 30.3 Å². The summed E-state index contributed by atoms with van der Waals surface area (Å²) in [6.45, 7) is 3.46. The van der Waals surface area contributed by atoms with Gasteiger partial charge in [0.05, 0.1) is 6.42 Å². The van der Waals surface area contributed by atoms with Crippen molar-refractivity contribution in [2.45, 2.75) is 13.3 Å². The molecule has 4 nitrogen and oxygen atoms in total. The number of hydrogen-bond acceptors (Lipinski definition) is 2. The van der Waals surface area contributed by atoms with Crippen LogP contribution in [-0.2, 0) is 11.2 Å². The third kappa shape index (κ3) is 4.07. The minimum atomic E-state index is -0.389. The predicted octanol–water partition coefficient (Wildman–Crippen LogP) is 2.80. The number of hydrogen-bond donors (Lipinski definition) is 0. The van der Waals surface area contributed by atoms with Gasteiger partial charge in [-0.05, 0) is 42.8 Å². The maximum atomic E-state index is 13.8. The SMILES string of the molecule is Cc1ccc(F)c(CC(=O)N2CCN(C(=O)c3ccc(F)cc3)CC2)c1. The lowest BCUT2D eigenvalue weighted by molar-refractivity contribution is -0.132. The average molecular weight is 358 g/mol. The quantitative estimate of drug-likeness (QED) is 0.847. The smallest absolute Gasteiger partial charge is 0.253 e. The van der Waals surface area contributed by atoms with Gasteiger partial charge >= 0.3 is 0 Å². The van der Waals surface area contributed by atoms with E-state index in [0.29, 0.717) is 37.3 Å². The van der Waals surface area contributed by atoms with Crippen LogP contribution in [0.4, 0.5) is 8.78 Å². The molecule has 0 N–H and O–H groups in total. The minimum absolute atomic E-state index is 0.0133. The van der Waals surface area contributed by atoms with E-state index in [2.05, 4.69) is 0 Å². The normalized spacial score (nSPS) is 14.4. The van der Waals surface area contributed by atoms with Crippen LogP contribution in [0, 0.1) is 18.6 Å². The highest BCUT2D eigenvalue weighted by Gasteiger charge is 2.25. The summed E-state index contributed by atoms with van der Waals surface area (Å²) in [5.41, 5.74) is 1.72. The van der Waals surface area contributed by atoms with E-state index >= 15 is 0 Å². The summed E-state index contributed by atoms with van der Waals surface area (Å²) < 4.78 is 26.8. The summed E-state index contributed by atoms with van der Waals surface area (Å²) in [7, 11) is 0. The maximum absolute atomic E-state index is 13.8. The van der Waals surface area contributed by atoms with E-state index in [4.69, 9.17) is 0 Å². The molecular formula is C20H20F2N2O2. The molecule has 1 aliphatic rings. The molecule has 0 bridgehead atoms. The Labute approximate surface area is 151 Å². The molecule has 0 aromatic heterocycles. The van der Waals surface area contributed by atoms with Gasteiger partial charge in [-0.15, -0.1) is 0 Å². The lowest BCUT2D eigenvalue weighted by Crippen LogP contribution is -2.51. The fourth-order valence-corrected chi connectivity index (χ4v) is 3.05. The topological polar surface area (TPSA) is 40.6 Å². The molecule has 2 aromatic rings. The third-order valence-corrected chi connectivity index (χ3v) is 4.55. The van der Waals surface area contributed by atoms with Gasteiger partial charge < -0.3 is 9.80 Å². The average Bonchev–Trinajstić information content (AvgIpc) is 2.65. The largest absolute Gasteiger partial charge is 0.339 e. The molecule has 6 heteroatoms. The molecule has 136 valence electrons. The summed E-state index contributed by atoms with van der Waals surface area (Å²) in [5.74, 6) is -1.10. The predicted molar refractivity (Wildman–Crippen MR) is 93.7 cm³/mol. The number of nitrogens with zero attached hydrogens (tertiary/aromatic N) is 2. The first-order chi connectivity index (χ1) is 12.4. The zero-order valence-electron chi connectivity index (χ0n) is 14.5. The van der Waals surface area contributed by atoms with Crippen LogP contribution in [0.25, 0.3) is 0 Å². The number of halogens is 2. The number of carbonyl (C=O) groups is 2. The van der Waals surface area contributed by atoms with E-state index in [1.807, 2.05) is 6.92 Å². The molecule has 0 unspecified atom stereocenters. The highest BCUT2D eigenvalue weighted by atomic mass is 19.1. The highest BCUT2D eigenvalue weighted by Crippen LogP contribution is 2.14. The summed E-state index contributed by atoms with van der Waals surface area (Å²) in [4.78, 5) is 28.1. The molecule has 2 aromatic carbocycles.